The van der Waals surface area contributed by atoms with Gasteiger partial charge in [0.1, 0.15) is 23.7 Å². The highest BCUT2D eigenvalue weighted by molar-refractivity contribution is 5.85. The van der Waals surface area contributed by atoms with Gasteiger partial charge >= 0.3 is 0 Å². The average molecular weight is 432 g/mol. The minimum atomic E-state index is -0.0181. The van der Waals surface area contributed by atoms with Gasteiger partial charge in [0.05, 0.1) is 0 Å². The number of methoxy groups -OCH3 is 1. The van der Waals surface area contributed by atoms with Crippen LogP contribution in [0.4, 0.5) is 11.8 Å². The molecule has 2 aromatic heterocycles. The molecule has 2 aliphatic rings. The molecule has 0 saturated carbocycles. The smallest absolute Gasteiger partial charge is 0.247 e. The molecule has 8 heteroatoms. The molecule has 4 heterocycles. The van der Waals surface area contributed by atoms with E-state index >= 15 is 0 Å². The number of pyridine rings is 1. The first-order valence-electron chi connectivity index (χ1n) is 11.1. The van der Waals surface area contributed by atoms with Gasteiger partial charge in [-0.05, 0) is 38.4 Å². The van der Waals surface area contributed by atoms with Gasteiger partial charge in [0.2, 0.25) is 5.95 Å². The molecule has 0 amide bonds. The summed E-state index contributed by atoms with van der Waals surface area (Å²) in [5, 5.41) is 18.5. The summed E-state index contributed by atoms with van der Waals surface area (Å²) in [6, 6.07) is 12.7. The Labute approximate surface area is 188 Å². The summed E-state index contributed by atoms with van der Waals surface area (Å²) in [4.78, 5) is 9.25. The van der Waals surface area contributed by atoms with Crippen LogP contribution in [0, 0.1) is 18.3 Å². The molecule has 166 valence electrons. The van der Waals surface area contributed by atoms with Crippen molar-refractivity contribution in [3.63, 3.8) is 0 Å². The minimum absolute atomic E-state index is 0.0180. The number of ether oxygens (including phenoxy) is 1. The van der Waals surface area contributed by atoms with Crippen molar-refractivity contribution in [3.8, 4) is 17.2 Å². The predicted molar refractivity (Wildman–Crippen MR) is 125 cm³/mol. The highest BCUT2D eigenvalue weighted by Crippen LogP contribution is 2.40. The highest BCUT2D eigenvalue weighted by Gasteiger charge is 2.37. The Morgan fingerprint density at radius 3 is 2.62 bits per heavy atom. The molecule has 0 bridgehead atoms. The first kappa shape index (κ1) is 20.7. The molecule has 2 saturated heterocycles. The van der Waals surface area contributed by atoms with Crippen molar-refractivity contribution < 1.29 is 4.74 Å². The zero-order chi connectivity index (χ0) is 22.5. The Kier molecular flexibility index (Phi) is 5.03. The van der Waals surface area contributed by atoms with Gasteiger partial charge < -0.3 is 19.9 Å². The zero-order valence-corrected chi connectivity index (χ0v) is 19.1. The fraction of sp³-hybridized carbons (Fsp3) is 0.458. The lowest BCUT2D eigenvalue weighted by Crippen LogP contribution is -2.49. The Morgan fingerprint density at radius 1 is 1.25 bits per heavy atom. The quantitative estimate of drug-likeness (QED) is 0.665. The third-order valence-electron chi connectivity index (χ3n) is 7.04. The number of benzene rings is 1. The van der Waals surface area contributed by atoms with Crippen LogP contribution in [0.5, 0.6) is 0 Å². The van der Waals surface area contributed by atoms with Gasteiger partial charge in [0, 0.05) is 44.3 Å². The second-order valence-corrected chi connectivity index (χ2v) is 8.98. The topological polar surface area (TPSA) is 81.7 Å². The van der Waals surface area contributed by atoms with Gasteiger partial charge in [-0.15, -0.1) is 5.10 Å². The number of fused-ring (bicyclic) bond motifs is 1. The van der Waals surface area contributed by atoms with Crippen molar-refractivity contribution in [3.05, 3.63) is 41.5 Å². The lowest BCUT2D eigenvalue weighted by molar-refractivity contribution is 0.0543. The van der Waals surface area contributed by atoms with Crippen molar-refractivity contribution in [2.75, 3.05) is 43.6 Å². The van der Waals surface area contributed by atoms with Gasteiger partial charge in [-0.1, -0.05) is 30.3 Å². The molecule has 1 aromatic carbocycles. The van der Waals surface area contributed by atoms with Crippen LogP contribution in [-0.2, 0) is 4.74 Å². The Hall–Kier alpha value is -3.15. The van der Waals surface area contributed by atoms with Crippen LogP contribution in [-0.4, -0.2) is 60.2 Å². The summed E-state index contributed by atoms with van der Waals surface area (Å²) < 4.78 is 7.43. The van der Waals surface area contributed by atoms with Gasteiger partial charge in [0.25, 0.3) is 0 Å². The van der Waals surface area contributed by atoms with E-state index in [0.29, 0.717) is 17.2 Å². The molecule has 2 aliphatic heterocycles. The molecule has 0 radical (unpaired) electrons. The molecule has 0 aliphatic carbocycles. The van der Waals surface area contributed by atoms with Crippen LogP contribution in [0.15, 0.2) is 30.3 Å². The molecule has 8 nitrogen and oxygen atoms in total. The molecule has 1 N–H and O–H groups in total. The van der Waals surface area contributed by atoms with E-state index in [9.17, 15) is 5.26 Å². The zero-order valence-electron chi connectivity index (χ0n) is 19.1. The Balaban J connectivity index is 1.77. The van der Waals surface area contributed by atoms with E-state index in [1.165, 1.54) is 0 Å². The molecule has 5 rings (SSSR count). The largest absolute Gasteiger partial charge is 0.361 e. The van der Waals surface area contributed by atoms with Crippen LogP contribution >= 0.6 is 0 Å². The molecule has 0 spiro atoms. The van der Waals surface area contributed by atoms with E-state index in [2.05, 4.69) is 40.2 Å². The lowest BCUT2D eigenvalue weighted by Gasteiger charge is -2.38. The van der Waals surface area contributed by atoms with Gasteiger partial charge in [-0.25, -0.2) is 0 Å². The lowest BCUT2D eigenvalue weighted by atomic mass is 9.97. The number of anilines is 2. The number of aromatic nitrogens is 3. The van der Waals surface area contributed by atoms with E-state index in [1.807, 2.05) is 36.7 Å². The number of nitriles is 1. The predicted octanol–water partition coefficient (Wildman–Crippen LogP) is 2.95. The molecular formula is C24H29N7O. The molecule has 3 aromatic rings. The molecule has 2 fully saturated rings. The first-order chi connectivity index (χ1) is 15.5. The summed E-state index contributed by atoms with van der Waals surface area (Å²) in [5.74, 6) is 1.61. The van der Waals surface area contributed by atoms with E-state index < -0.39 is 0 Å². The monoisotopic (exact) mass is 431 g/mol. The number of rotatable bonds is 5. The van der Waals surface area contributed by atoms with E-state index in [0.717, 1.165) is 55.0 Å². The number of hydrogen-bond acceptors (Lipinski definition) is 7. The standard InChI is InChI=1S/C24H29N7O/c1-16-18(14-25)21-27-23(30-12-10-19(30)32-4)28-31(21)22(20(16)17-8-6-5-7-9-17)29-13-11-24(2,15-29)26-3/h5-9,19,26H,10-13,15H2,1-4H3/t19?,24-/m0/s1. The maximum Gasteiger partial charge on any atom is 0.247 e. The maximum atomic E-state index is 10.1. The summed E-state index contributed by atoms with van der Waals surface area (Å²) >= 11 is 0. The Morgan fingerprint density at radius 2 is 2.03 bits per heavy atom. The fourth-order valence-corrected chi connectivity index (χ4v) is 4.86. The average Bonchev–Trinajstić information content (AvgIpc) is 3.37. The molecular weight excluding hydrogens is 402 g/mol. The normalized spacial score (nSPS) is 22.9. The SMILES string of the molecule is CN[C@@]1(C)CCN(c2c(-c3ccccc3)c(C)c(C#N)c3nc(N4CCC4OC)nn23)C1. The minimum Gasteiger partial charge on any atom is -0.361 e. The van der Waals surface area contributed by atoms with E-state index in [1.54, 1.807) is 7.11 Å². The van der Waals surface area contributed by atoms with Gasteiger partial charge in [-0.2, -0.15) is 14.8 Å². The number of likely N-dealkylation sites (N-methyl/N-ethyl adjacent to an activating group) is 1. The summed E-state index contributed by atoms with van der Waals surface area (Å²) in [7, 11) is 3.72. The van der Waals surface area contributed by atoms with Crippen molar-refractivity contribution in [2.45, 2.75) is 38.5 Å². The van der Waals surface area contributed by atoms with Crippen LogP contribution in [0.1, 0.15) is 30.9 Å². The summed E-state index contributed by atoms with van der Waals surface area (Å²) in [6.45, 7) is 6.87. The number of nitrogens with zero attached hydrogens (tertiary/aromatic N) is 6. The number of hydrogen-bond donors (Lipinski definition) is 1. The number of nitrogens with one attached hydrogen (secondary N) is 1. The van der Waals surface area contributed by atoms with Crippen molar-refractivity contribution in [2.24, 2.45) is 0 Å². The fourth-order valence-electron chi connectivity index (χ4n) is 4.86. The van der Waals surface area contributed by atoms with E-state index in [4.69, 9.17) is 14.8 Å². The van der Waals surface area contributed by atoms with Crippen molar-refractivity contribution >= 4 is 17.4 Å². The summed E-state index contributed by atoms with van der Waals surface area (Å²) in [5.41, 5.74) is 4.24. The second kappa shape index (κ2) is 7.76. The second-order valence-electron chi connectivity index (χ2n) is 8.98. The Bertz CT molecular complexity index is 1200. The van der Waals surface area contributed by atoms with Gasteiger partial charge in [0.15, 0.2) is 5.65 Å². The third-order valence-corrected chi connectivity index (χ3v) is 7.04. The third kappa shape index (κ3) is 3.12. The van der Waals surface area contributed by atoms with Crippen LogP contribution in [0.2, 0.25) is 0 Å². The molecule has 1 unspecified atom stereocenters. The van der Waals surface area contributed by atoms with E-state index in [-0.39, 0.29) is 11.8 Å². The molecule has 2 atom stereocenters. The van der Waals surface area contributed by atoms with Crippen molar-refractivity contribution in [1.82, 2.24) is 19.9 Å². The highest BCUT2D eigenvalue weighted by atomic mass is 16.5. The molecule has 32 heavy (non-hydrogen) atoms. The van der Waals surface area contributed by atoms with Crippen LogP contribution < -0.4 is 15.1 Å². The summed E-state index contributed by atoms with van der Waals surface area (Å²) in [6.07, 6.45) is 1.96. The van der Waals surface area contributed by atoms with Gasteiger partial charge in [-0.3, -0.25) is 0 Å². The van der Waals surface area contributed by atoms with Crippen LogP contribution in [0.25, 0.3) is 16.8 Å². The maximum absolute atomic E-state index is 10.1. The first-order valence-corrected chi connectivity index (χ1v) is 11.1. The van der Waals surface area contributed by atoms with Crippen molar-refractivity contribution in [1.29, 1.82) is 5.26 Å². The van der Waals surface area contributed by atoms with Crippen LogP contribution in [0.3, 0.4) is 0 Å².